The van der Waals surface area contributed by atoms with Crippen LogP contribution in [0.25, 0.3) is 11.2 Å². The van der Waals surface area contributed by atoms with Crippen molar-refractivity contribution < 1.29 is 8.78 Å². The van der Waals surface area contributed by atoms with Gasteiger partial charge in [0.15, 0.2) is 17.0 Å². The van der Waals surface area contributed by atoms with Crippen LogP contribution in [0.5, 0.6) is 0 Å². The summed E-state index contributed by atoms with van der Waals surface area (Å²) in [4.78, 5) is 9.04. The Labute approximate surface area is 170 Å². The van der Waals surface area contributed by atoms with Crippen LogP contribution < -0.4 is 5.32 Å². The van der Waals surface area contributed by atoms with E-state index in [-0.39, 0.29) is 5.69 Å². The molecule has 4 rings (SSSR count). The maximum atomic E-state index is 14.1. The van der Waals surface area contributed by atoms with E-state index in [1.165, 1.54) is 12.1 Å². The van der Waals surface area contributed by atoms with Gasteiger partial charge in [-0.05, 0) is 30.2 Å². The van der Waals surface area contributed by atoms with E-state index in [4.69, 9.17) is 11.6 Å². The molecule has 0 unspecified atom stereocenters. The van der Waals surface area contributed by atoms with Gasteiger partial charge in [0.25, 0.3) is 0 Å². The van der Waals surface area contributed by atoms with Gasteiger partial charge in [0.2, 0.25) is 0 Å². The standard InChI is InChI=1S/C20H17ClF2N6/c1-2-5-17-25-19(24-16-9-8-13(22)10-15(16)23)18-20(26-17)29(28-27-18)11-12-6-3-4-7-14(12)21/h3-4,6-10H,2,5,11H2,1H3,(H,24,25,26). The predicted octanol–water partition coefficient (Wildman–Crippen LogP) is 4.90. The summed E-state index contributed by atoms with van der Waals surface area (Å²) in [5.41, 5.74) is 1.86. The van der Waals surface area contributed by atoms with Crippen molar-refractivity contribution in [3.63, 3.8) is 0 Å². The minimum Gasteiger partial charge on any atom is -0.336 e. The summed E-state index contributed by atoms with van der Waals surface area (Å²) in [6.07, 6.45) is 1.47. The summed E-state index contributed by atoms with van der Waals surface area (Å²) in [6.45, 7) is 2.39. The lowest BCUT2D eigenvalue weighted by molar-refractivity contribution is 0.586. The molecule has 6 nitrogen and oxygen atoms in total. The molecule has 2 heterocycles. The molecule has 0 aliphatic heterocycles. The van der Waals surface area contributed by atoms with Crippen LogP contribution in [-0.4, -0.2) is 25.0 Å². The molecule has 0 atom stereocenters. The number of anilines is 2. The van der Waals surface area contributed by atoms with Gasteiger partial charge in [-0.2, -0.15) is 0 Å². The number of aromatic nitrogens is 5. The maximum Gasteiger partial charge on any atom is 0.184 e. The number of rotatable bonds is 6. The number of fused-ring (bicyclic) bond motifs is 1. The summed E-state index contributed by atoms with van der Waals surface area (Å²) in [5.74, 6) is -0.488. The maximum absolute atomic E-state index is 14.1. The first-order chi connectivity index (χ1) is 14.0. The molecule has 0 aliphatic rings. The van der Waals surface area contributed by atoms with Crippen molar-refractivity contribution in [1.82, 2.24) is 25.0 Å². The van der Waals surface area contributed by atoms with E-state index in [1.54, 1.807) is 10.7 Å². The second-order valence-corrected chi connectivity index (χ2v) is 6.91. The molecule has 9 heteroatoms. The first kappa shape index (κ1) is 19.2. The highest BCUT2D eigenvalue weighted by Gasteiger charge is 2.17. The van der Waals surface area contributed by atoms with Crippen molar-refractivity contribution in [3.05, 3.63) is 70.5 Å². The second kappa shape index (κ2) is 8.08. The highest BCUT2D eigenvalue weighted by molar-refractivity contribution is 6.31. The molecule has 0 fully saturated rings. The number of aryl methyl sites for hydroxylation is 1. The molecule has 2 aromatic carbocycles. The van der Waals surface area contributed by atoms with Crippen LogP contribution in [0.4, 0.5) is 20.3 Å². The van der Waals surface area contributed by atoms with Gasteiger partial charge in [0, 0.05) is 17.5 Å². The molecule has 1 N–H and O–H groups in total. The van der Waals surface area contributed by atoms with Gasteiger partial charge in [-0.15, -0.1) is 5.10 Å². The van der Waals surface area contributed by atoms with Gasteiger partial charge in [-0.3, -0.25) is 0 Å². The smallest absolute Gasteiger partial charge is 0.184 e. The Hall–Kier alpha value is -3.13. The van der Waals surface area contributed by atoms with E-state index in [0.717, 1.165) is 18.1 Å². The van der Waals surface area contributed by atoms with Gasteiger partial charge >= 0.3 is 0 Å². The predicted molar refractivity (Wildman–Crippen MR) is 107 cm³/mol. The summed E-state index contributed by atoms with van der Waals surface area (Å²) in [7, 11) is 0. The summed E-state index contributed by atoms with van der Waals surface area (Å²) in [6, 6.07) is 10.7. The van der Waals surface area contributed by atoms with Crippen LogP contribution in [0.1, 0.15) is 24.7 Å². The number of nitrogens with one attached hydrogen (secondary N) is 1. The van der Waals surface area contributed by atoms with Crippen molar-refractivity contribution in [3.8, 4) is 0 Å². The molecule has 0 saturated heterocycles. The number of nitrogens with zero attached hydrogens (tertiary/aromatic N) is 5. The molecule has 0 spiro atoms. The van der Waals surface area contributed by atoms with Crippen LogP contribution in [0.2, 0.25) is 5.02 Å². The zero-order valence-electron chi connectivity index (χ0n) is 15.5. The summed E-state index contributed by atoms with van der Waals surface area (Å²) in [5, 5.41) is 11.9. The average molecular weight is 415 g/mol. The third-order valence-corrected chi connectivity index (χ3v) is 4.71. The van der Waals surface area contributed by atoms with Gasteiger partial charge in [0.05, 0.1) is 12.2 Å². The fraction of sp³-hybridized carbons (Fsp3) is 0.200. The zero-order chi connectivity index (χ0) is 20.4. The molecule has 29 heavy (non-hydrogen) atoms. The topological polar surface area (TPSA) is 68.5 Å². The molecule has 0 aliphatic carbocycles. The van der Waals surface area contributed by atoms with E-state index in [2.05, 4.69) is 25.6 Å². The second-order valence-electron chi connectivity index (χ2n) is 6.50. The van der Waals surface area contributed by atoms with Crippen molar-refractivity contribution in [1.29, 1.82) is 0 Å². The van der Waals surface area contributed by atoms with Gasteiger partial charge < -0.3 is 5.32 Å². The van der Waals surface area contributed by atoms with Crippen molar-refractivity contribution in [2.75, 3.05) is 5.32 Å². The SMILES string of the molecule is CCCc1nc(Nc2ccc(F)cc2F)c2nnn(Cc3ccccc3Cl)c2n1. The molecule has 0 bridgehead atoms. The highest BCUT2D eigenvalue weighted by atomic mass is 35.5. The Morgan fingerprint density at radius 2 is 1.93 bits per heavy atom. The number of benzene rings is 2. The highest BCUT2D eigenvalue weighted by Crippen LogP contribution is 2.26. The Balaban J connectivity index is 1.78. The van der Waals surface area contributed by atoms with E-state index < -0.39 is 11.6 Å². The zero-order valence-corrected chi connectivity index (χ0v) is 16.3. The Morgan fingerprint density at radius 3 is 2.69 bits per heavy atom. The van der Waals surface area contributed by atoms with Crippen molar-refractivity contribution in [2.45, 2.75) is 26.3 Å². The summed E-state index contributed by atoms with van der Waals surface area (Å²) < 4.78 is 29.0. The fourth-order valence-electron chi connectivity index (χ4n) is 2.94. The van der Waals surface area contributed by atoms with E-state index >= 15 is 0 Å². The fourth-order valence-corrected chi connectivity index (χ4v) is 3.13. The third kappa shape index (κ3) is 4.02. The minimum absolute atomic E-state index is 0.0921. The van der Waals surface area contributed by atoms with Crippen LogP contribution in [0, 0.1) is 11.6 Å². The van der Waals surface area contributed by atoms with Crippen molar-refractivity contribution >= 4 is 34.3 Å². The Bertz CT molecular complexity index is 1180. The number of hydrogen-bond acceptors (Lipinski definition) is 5. The van der Waals surface area contributed by atoms with E-state index in [0.29, 0.717) is 40.8 Å². The lowest BCUT2D eigenvalue weighted by Crippen LogP contribution is -2.07. The van der Waals surface area contributed by atoms with Crippen LogP contribution in [0.3, 0.4) is 0 Å². The normalized spacial score (nSPS) is 11.2. The largest absolute Gasteiger partial charge is 0.336 e. The third-order valence-electron chi connectivity index (χ3n) is 4.34. The minimum atomic E-state index is -0.725. The Kier molecular flexibility index (Phi) is 5.35. The first-order valence-corrected chi connectivity index (χ1v) is 9.48. The van der Waals surface area contributed by atoms with Crippen LogP contribution in [-0.2, 0) is 13.0 Å². The van der Waals surface area contributed by atoms with Crippen LogP contribution >= 0.6 is 11.6 Å². The molecule has 2 aromatic heterocycles. The van der Waals surface area contributed by atoms with Gasteiger partial charge in [-0.25, -0.2) is 23.4 Å². The average Bonchev–Trinajstić information content (AvgIpc) is 3.09. The van der Waals surface area contributed by atoms with Gasteiger partial charge in [-0.1, -0.05) is 41.9 Å². The molecule has 0 radical (unpaired) electrons. The molecule has 0 amide bonds. The van der Waals surface area contributed by atoms with Crippen LogP contribution in [0.15, 0.2) is 42.5 Å². The lowest BCUT2D eigenvalue weighted by Gasteiger charge is -2.10. The first-order valence-electron chi connectivity index (χ1n) is 9.10. The Morgan fingerprint density at radius 1 is 1.10 bits per heavy atom. The molecule has 0 saturated carbocycles. The molecular weight excluding hydrogens is 398 g/mol. The van der Waals surface area contributed by atoms with Gasteiger partial charge in [0.1, 0.15) is 17.5 Å². The number of hydrogen-bond donors (Lipinski definition) is 1. The van der Waals surface area contributed by atoms with E-state index in [9.17, 15) is 8.78 Å². The number of halogens is 3. The van der Waals surface area contributed by atoms with Crippen molar-refractivity contribution in [2.24, 2.45) is 0 Å². The molecular formula is C20H17ClF2N6. The summed E-state index contributed by atoms with van der Waals surface area (Å²) >= 11 is 6.26. The monoisotopic (exact) mass is 414 g/mol. The molecule has 148 valence electrons. The lowest BCUT2D eigenvalue weighted by atomic mass is 10.2. The van der Waals surface area contributed by atoms with E-state index in [1.807, 2.05) is 25.1 Å². The molecule has 4 aromatic rings. The quantitative estimate of drug-likeness (QED) is 0.486.